The predicted octanol–water partition coefficient (Wildman–Crippen LogP) is 4.73. The van der Waals surface area contributed by atoms with Gasteiger partial charge in [-0.15, -0.1) is 6.58 Å². The van der Waals surface area contributed by atoms with Gasteiger partial charge in [0, 0.05) is 5.41 Å². The molecule has 0 fully saturated rings. The topological polar surface area (TPSA) is 0 Å². The third-order valence-corrected chi connectivity index (χ3v) is 3.67. The van der Waals surface area contributed by atoms with Crippen molar-refractivity contribution in [2.45, 2.75) is 32.6 Å². The van der Waals surface area contributed by atoms with Gasteiger partial charge in [0.2, 0.25) is 0 Å². The lowest BCUT2D eigenvalue weighted by molar-refractivity contribution is 0.463. The zero-order chi connectivity index (χ0) is 11.4. The normalized spacial score (nSPS) is 18.8. The molecule has 0 amide bonds. The van der Waals surface area contributed by atoms with E-state index in [0.717, 1.165) is 25.7 Å². The van der Waals surface area contributed by atoms with Crippen LogP contribution in [0.5, 0.6) is 0 Å². The summed E-state index contributed by atoms with van der Waals surface area (Å²) >= 11 is 0. The summed E-state index contributed by atoms with van der Waals surface area (Å²) in [4.78, 5) is 0. The second-order valence-electron chi connectivity index (χ2n) is 4.75. The van der Waals surface area contributed by atoms with Gasteiger partial charge < -0.3 is 0 Å². The van der Waals surface area contributed by atoms with E-state index >= 15 is 0 Å². The summed E-state index contributed by atoms with van der Waals surface area (Å²) in [5.74, 6) is 0. The van der Waals surface area contributed by atoms with Crippen LogP contribution in [0.25, 0.3) is 0 Å². The first kappa shape index (κ1) is 11.2. The van der Waals surface area contributed by atoms with Gasteiger partial charge >= 0.3 is 0 Å². The van der Waals surface area contributed by atoms with Crippen molar-refractivity contribution in [2.24, 2.45) is 5.41 Å². The standard InChI is InChI=1S/C16H20/c1-3-4-13-16(2,14-9-5-6-10-14)15-11-7-8-12-15/h3,5,7,9-12H,1,4,6,8,13H2,2H3. The molecule has 0 unspecified atom stereocenters. The van der Waals surface area contributed by atoms with Crippen LogP contribution in [0.1, 0.15) is 32.6 Å². The Kier molecular flexibility index (Phi) is 3.28. The molecule has 0 heterocycles. The third kappa shape index (κ3) is 1.97. The molecule has 2 aliphatic carbocycles. The van der Waals surface area contributed by atoms with Crippen molar-refractivity contribution in [1.29, 1.82) is 0 Å². The molecule has 0 atom stereocenters. The van der Waals surface area contributed by atoms with Crippen LogP contribution in [0, 0.1) is 5.41 Å². The molecule has 16 heavy (non-hydrogen) atoms. The minimum absolute atomic E-state index is 0.189. The van der Waals surface area contributed by atoms with Gasteiger partial charge in [-0.05, 0) is 36.8 Å². The maximum Gasteiger partial charge on any atom is 0.0171 e. The van der Waals surface area contributed by atoms with E-state index in [0.29, 0.717) is 0 Å². The minimum Gasteiger partial charge on any atom is -0.103 e. The number of rotatable bonds is 5. The molecule has 0 aromatic rings. The van der Waals surface area contributed by atoms with Crippen LogP contribution in [-0.4, -0.2) is 0 Å². The molecule has 0 spiro atoms. The minimum atomic E-state index is 0.189. The molecular formula is C16H20. The Hall–Kier alpha value is -1.30. The largest absolute Gasteiger partial charge is 0.103 e. The van der Waals surface area contributed by atoms with Gasteiger partial charge in [-0.25, -0.2) is 0 Å². The highest BCUT2D eigenvalue weighted by atomic mass is 14.3. The maximum atomic E-state index is 3.84. The summed E-state index contributed by atoms with van der Waals surface area (Å²) in [5, 5.41) is 0. The summed E-state index contributed by atoms with van der Waals surface area (Å²) in [7, 11) is 0. The average Bonchev–Trinajstić information content (AvgIpc) is 2.96. The highest BCUT2D eigenvalue weighted by molar-refractivity contribution is 5.45. The second-order valence-corrected chi connectivity index (χ2v) is 4.75. The monoisotopic (exact) mass is 212 g/mol. The summed E-state index contributed by atoms with van der Waals surface area (Å²) in [5.41, 5.74) is 3.15. The molecule has 0 N–H and O–H groups in total. The Morgan fingerprint density at radius 3 is 2.12 bits per heavy atom. The Morgan fingerprint density at radius 2 is 1.75 bits per heavy atom. The molecule has 0 saturated heterocycles. The molecule has 0 heteroatoms. The Morgan fingerprint density at radius 1 is 1.19 bits per heavy atom. The maximum absolute atomic E-state index is 3.84. The van der Waals surface area contributed by atoms with E-state index in [1.807, 2.05) is 6.08 Å². The lowest BCUT2D eigenvalue weighted by Crippen LogP contribution is -2.19. The molecule has 0 aromatic carbocycles. The van der Waals surface area contributed by atoms with Crippen LogP contribution >= 0.6 is 0 Å². The molecule has 0 nitrogen and oxygen atoms in total. The van der Waals surface area contributed by atoms with E-state index in [1.54, 1.807) is 0 Å². The SMILES string of the molecule is C=CCCC(C)(C1=CCC=C1)C1=CCC=C1. The molecule has 0 radical (unpaired) electrons. The number of hydrogen-bond acceptors (Lipinski definition) is 0. The van der Waals surface area contributed by atoms with E-state index in [9.17, 15) is 0 Å². The molecule has 2 aliphatic rings. The van der Waals surface area contributed by atoms with Crippen LogP contribution in [0.2, 0.25) is 0 Å². The zero-order valence-electron chi connectivity index (χ0n) is 10.1. The first-order valence-electron chi connectivity index (χ1n) is 6.12. The molecule has 0 aromatic heterocycles. The molecule has 0 saturated carbocycles. The molecule has 2 rings (SSSR count). The lowest BCUT2D eigenvalue weighted by atomic mass is 9.72. The van der Waals surface area contributed by atoms with Crippen LogP contribution < -0.4 is 0 Å². The highest BCUT2D eigenvalue weighted by Gasteiger charge is 2.31. The Balaban J connectivity index is 2.27. The fourth-order valence-corrected chi connectivity index (χ4v) is 2.58. The van der Waals surface area contributed by atoms with Gasteiger partial charge in [0.1, 0.15) is 0 Å². The summed E-state index contributed by atoms with van der Waals surface area (Å²) in [6.45, 7) is 6.20. The van der Waals surface area contributed by atoms with Gasteiger partial charge in [0.25, 0.3) is 0 Å². The van der Waals surface area contributed by atoms with Crippen molar-refractivity contribution in [3.63, 3.8) is 0 Å². The van der Waals surface area contributed by atoms with Crippen LogP contribution in [0.15, 0.2) is 60.3 Å². The number of allylic oxidation sites excluding steroid dienone is 9. The van der Waals surface area contributed by atoms with Crippen molar-refractivity contribution >= 4 is 0 Å². The number of hydrogen-bond donors (Lipinski definition) is 0. The first-order chi connectivity index (χ1) is 7.77. The Bertz CT molecular complexity index is 358. The predicted molar refractivity (Wildman–Crippen MR) is 71.2 cm³/mol. The van der Waals surface area contributed by atoms with E-state index in [2.05, 4.69) is 50.0 Å². The highest BCUT2D eigenvalue weighted by Crippen LogP contribution is 2.44. The fourth-order valence-electron chi connectivity index (χ4n) is 2.58. The average molecular weight is 212 g/mol. The molecule has 0 aliphatic heterocycles. The van der Waals surface area contributed by atoms with E-state index in [4.69, 9.17) is 0 Å². The van der Waals surface area contributed by atoms with Crippen molar-refractivity contribution in [3.05, 3.63) is 60.3 Å². The van der Waals surface area contributed by atoms with Gasteiger partial charge in [-0.3, -0.25) is 0 Å². The van der Waals surface area contributed by atoms with E-state index in [-0.39, 0.29) is 5.41 Å². The van der Waals surface area contributed by atoms with Gasteiger partial charge in [-0.1, -0.05) is 49.5 Å². The summed E-state index contributed by atoms with van der Waals surface area (Å²) in [6.07, 6.45) is 20.2. The first-order valence-corrected chi connectivity index (χ1v) is 6.12. The molecule has 0 bridgehead atoms. The quantitative estimate of drug-likeness (QED) is 0.578. The van der Waals surface area contributed by atoms with E-state index < -0.39 is 0 Å². The summed E-state index contributed by atoms with van der Waals surface area (Å²) in [6, 6.07) is 0. The second kappa shape index (κ2) is 4.69. The van der Waals surface area contributed by atoms with Crippen molar-refractivity contribution in [2.75, 3.05) is 0 Å². The van der Waals surface area contributed by atoms with Crippen molar-refractivity contribution < 1.29 is 0 Å². The molecule has 84 valence electrons. The zero-order valence-corrected chi connectivity index (χ0v) is 10.1. The van der Waals surface area contributed by atoms with E-state index in [1.165, 1.54) is 11.1 Å². The fraction of sp³-hybridized carbons (Fsp3) is 0.375. The van der Waals surface area contributed by atoms with Gasteiger partial charge in [0.15, 0.2) is 0 Å². The van der Waals surface area contributed by atoms with Crippen molar-refractivity contribution in [1.82, 2.24) is 0 Å². The lowest BCUT2D eigenvalue weighted by Gasteiger charge is -2.31. The van der Waals surface area contributed by atoms with Gasteiger partial charge in [0.05, 0.1) is 0 Å². The smallest absolute Gasteiger partial charge is 0.0171 e. The summed E-state index contributed by atoms with van der Waals surface area (Å²) < 4.78 is 0. The van der Waals surface area contributed by atoms with Crippen LogP contribution in [0.4, 0.5) is 0 Å². The van der Waals surface area contributed by atoms with Gasteiger partial charge in [-0.2, -0.15) is 0 Å². The Labute approximate surface area is 98.8 Å². The third-order valence-electron chi connectivity index (χ3n) is 3.67. The molecular weight excluding hydrogens is 192 g/mol. The van der Waals surface area contributed by atoms with Crippen molar-refractivity contribution in [3.8, 4) is 0 Å². The van der Waals surface area contributed by atoms with Crippen LogP contribution in [0.3, 0.4) is 0 Å². The van der Waals surface area contributed by atoms with Crippen LogP contribution in [-0.2, 0) is 0 Å².